The van der Waals surface area contributed by atoms with Gasteiger partial charge in [-0.25, -0.2) is 0 Å². The van der Waals surface area contributed by atoms with E-state index in [4.69, 9.17) is 12.2 Å². The van der Waals surface area contributed by atoms with Gasteiger partial charge in [0, 0.05) is 17.2 Å². The van der Waals surface area contributed by atoms with Gasteiger partial charge in [0.05, 0.1) is 11.1 Å². The van der Waals surface area contributed by atoms with Gasteiger partial charge in [-0.15, -0.1) is 16.4 Å². The summed E-state index contributed by atoms with van der Waals surface area (Å²) in [7, 11) is 0. The van der Waals surface area contributed by atoms with Crippen LogP contribution in [0.5, 0.6) is 5.88 Å². The largest absolute Gasteiger partial charge is 0.493 e. The summed E-state index contributed by atoms with van der Waals surface area (Å²) >= 11 is 6.72. The van der Waals surface area contributed by atoms with Crippen LogP contribution < -0.4 is 0 Å². The van der Waals surface area contributed by atoms with Crippen LogP contribution in [0.3, 0.4) is 0 Å². The zero-order valence-corrected chi connectivity index (χ0v) is 13.9. The highest BCUT2D eigenvalue weighted by atomic mass is 32.1. The molecule has 1 N–H and O–H groups in total. The van der Waals surface area contributed by atoms with Crippen molar-refractivity contribution in [2.75, 3.05) is 0 Å². The number of thiazole rings is 1. The lowest BCUT2D eigenvalue weighted by atomic mass is 10.0. The van der Waals surface area contributed by atoms with Crippen molar-refractivity contribution in [2.45, 2.75) is 19.9 Å². The Bertz CT molecular complexity index is 842. The SMILES string of the molecule is CC(C)n1c(O)c(/C=C2/C=NN=C2c2ccccc2)sc1=S. The minimum atomic E-state index is 0.121. The molecule has 2 aromatic rings. The summed E-state index contributed by atoms with van der Waals surface area (Å²) < 4.78 is 2.41. The van der Waals surface area contributed by atoms with Gasteiger partial charge >= 0.3 is 0 Å². The normalized spacial score (nSPS) is 15.8. The highest BCUT2D eigenvalue weighted by Gasteiger charge is 2.17. The quantitative estimate of drug-likeness (QED) is 0.847. The summed E-state index contributed by atoms with van der Waals surface area (Å²) in [6.45, 7) is 3.99. The summed E-state index contributed by atoms with van der Waals surface area (Å²) in [4.78, 5) is 0.727. The number of rotatable bonds is 3. The number of benzene rings is 1. The molecular weight excluding hydrogens is 314 g/mol. The second-order valence-corrected chi connectivity index (χ2v) is 6.85. The third-order valence-electron chi connectivity index (χ3n) is 3.32. The van der Waals surface area contributed by atoms with Crippen molar-refractivity contribution in [3.8, 4) is 5.88 Å². The average molecular weight is 329 g/mol. The van der Waals surface area contributed by atoms with Gasteiger partial charge in [-0.05, 0) is 32.1 Å². The van der Waals surface area contributed by atoms with Gasteiger partial charge in [0.15, 0.2) is 3.95 Å². The standard InChI is InChI=1S/C16H15N3OS2/c1-10(2)19-15(20)13(22-16(19)21)8-12-9-17-18-14(12)11-6-4-3-5-7-11/h3-10,20H,1-2H3/b12-8-. The molecular formula is C16H15N3OS2. The van der Waals surface area contributed by atoms with E-state index in [1.165, 1.54) is 11.3 Å². The molecule has 4 nitrogen and oxygen atoms in total. The van der Waals surface area contributed by atoms with Gasteiger partial charge in [0.25, 0.3) is 0 Å². The molecule has 1 aromatic heterocycles. The lowest BCUT2D eigenvalue weighted by molar-refractivity contribution is 0.397. The Labute approximate surface area is 137 Å². The number of hydrogen-bond donors (Lipinski definition) is 1. The predicted octanol–water partition coefficient (Wildman–Crippen LogP) is 4.44. The number of allylic oxidation sites excluding steroid dienone is 1. The Hall–Kier alpha value is -2.05. The molecule has 0 saturated heterocycles. The van der Waals surface area contributed by atoms with Gasteiger partial charge in [0.1, 0.15) is 5.71 Å². The molecule has 0 unspecified atom stereocenters. The molecule has 1 aromatic carbocycles. The van der Waals surface area contributed by atoms with E-state index < -0.39 is 0 Å². The van der Waals surface area contributed by atoms with E-state index in [1.807, 2.05) is 50.3 Å². The van der Waals surface area contributed by atoms with Crippen molar-refractivity contribution >= 4 is 41.6 Å². The highest BCUT2D eigenvalue weighted by molar-refractivity contribution is 7.73. The van der Waals surface area contributed by atoms with Crippen LogP contribution in [0.15, 0.2) is 46.1 Å². The first-order valence-electron chi connectivity index (χ1n) is 6.90. The van der Waals surface area contributed by atoms with Gasteiger partial charge in [-0.3, -0.25) is 4.57 Å². The Morgan fingerprint density at radius 3 is 2.64 bits per heavy atom. The lowest BCUT2D eigenvalue weighted by Gasteiger charge is -2.07. The second-order valence-electron chi connectivity index (χ2n) is 5.18. The van der Waals surface area contributed by atoms with Crippen molar-refractivity contribution in [1.82, 2.24) is 4.57 Å². The molecule has 2 heterocycles. The van der Waals surface area contributed by atoms with Crippen molar-refractivity contribution in [3.63, 3.8) is 0 Å². The molecule has 0 atom stereocenters. The van der Waals surface area contributed by atoms with E-state index in [-0.39, 0.29) is 11.9 Å². The molecule has 0 amide bonds. The molecule has 1 aliphatic rings. The second kappa shape index (κ2) is 5.98. The third kappa shape index (κ3) is 2.67. The van der Waals surface area contributed by atoms with E-state index in [9.17, 15) is 5.11 Å². The van der Waals surface area contributed by atoms with Crippen LogP contribution in [-0.4, -0.2) is 21.6 Å². The maximum absolute atomic E-state index is 10.4. The molecule has 0 bridgehead atoms. The zero-order valence-electron chi connectivity index (χ0n) is 12.2. The van der Waals surface area contributed by atoms with E-state index >= 15 is 0 Å². The van der Waals surface area contributed by atoms with E-state index in [1.54, 1.807) is 10.8 Å². The first kappa shape index (κ1) is 14.9. The smallest absolute Gasteiger partial charge is 0.210 e. The van der Waals surface area contributed by atoms with Gasteiger partial charge in [0.2, 0.25) is 5.88 Å². The minimum Gasteiger partial charge on any atom is -0.493 e. The number of hydrogen-bond acceptors (Lipinski definition) is 5. The van der Waals surface area contributed by atoms with Crippen LogP contribution in [-0.2, 0) is 0 Å². The monoisotopic (exact) mass is 329 g/mol. The summed E-state index contributed by atoms with van der Waals surface area (Å²) in [5.74, 6) is 0.199. The third-order valence-corrected chi connectivity index (χ3v) is 4.66. The number of aromatic nitrogens is 1. The first-order chi connectivity index (χ1) is 10.6. The fraction of sp³-hybridized carbons (Fsp3) is 0.188. The summed E-state index contributed by atoms with van der Waals surface area (Å²) in [6.07, 6.45) is 3.58. The summed E-state index contributed by atoms with van der Waals surface area (Å²) in [5.41, 5.74) is 2.67. The Morgan fingerprint density at radius 1 is 1.27 bits per heavy atom. The van der Waals surface area contributed by atoms with Crippen molar-refractivity contribution < 1.29 is 5.11 Å². The van der Waals surface area contributed by atoms with Crippen LogP contribution in [0.1, 0.15) is 30.3 Å². The van der Waals surface area contributed by atoms with E-state index in [0.29, 0.717) is 3.95 Å². The summed E-state index contributed by atoms with van der Waals surface area (Å²) in [6, 6.07) is 9.99. The number of aromatic hydroxyl groups is 1. The molecule has 0 fully saturated rings. The van der Waals surface area contributed by atoms with Crippen LogP contribution >= 0.6 is 23.6 Å². The Kier molecular flexibility index (Phi) is 4.04. The van der Waals surface area contributed by atoms with Crippen molar-refractivity contribution in [3.05, 3.63) is 50.3 Å². The van der Waals surface area contributed by atoms with Gasteiger partial charge in [-0.1, -0.05) is 30.3 Å². The van der Waals surface area contributed by atoms with Crippen molar-refractivity contribution in [2.24, 2.45) is 10.2 Å². The molecule has 0 radical (unpaired) electrons. The van der Waals surface area contributed by atoms with E-state index in [0.717, 1.165) is 21.7 Å². The van der Waals surface area contributed by atoms with Crippen LogP contribution in [0.25, 0.3) is 6.08 Å². The molecule has 112 valence electrons. The van der Waals surface area contributed by atoms with Crippen LogP contribution in [0, 0.1) is 3.95 Å². The Balaban J connectivity index is 2.03. The molecule has 1 aliphatic heterocycles. The van der Waals surface area contributed by atoms with Crippen molar-refractivity contribution in [1.29, 1.82) is 0 Å². The van der Waals surface area contributed by atoms with Crippen LogP contribution in [0.2, 0.25) is 0 Å². The lowest BCUT2D eigenvalue weighted by Crippen LogP contribution is -2.02. The molecule has 0 spiro atoms. The molecule has 0 saturated carbocycles. The average Bonchev–Trinajstić information content (AvgIpc) is 3.05. The molecule has 22 heavy (non-hydrogen) atoms. The van der Waals surface area contributed by atoms with Gasteiger partial charge in [-0.2, -0.15) is 5.10 Å². The predicted molar refractivity (Wildman–Crippen MR) is 94.6 cm³/mol. The minimum absolute atomic E-state index is 0.121. The van der Waals surface area contributed by atoms with Gasteiger partial charge < -0.3 is 5.11 Å². The van der Waals surface area contributed by atoms with E-state index in [2.05, 4.69) is 10.2 Å². The highest BCUT2D eigenvalue weighted by Crippen LogP contribution is 2.32. The maximum Gasteiger partial charge on any atom is 0.210 e. The summed E-state index contributed by atoms with van der Waals surface area (Å²) in [5, 5.41) is 18.6. The molecule has 3 rings (SSSR count). The fourth-order valence-electron chi connectivity index (χ4n) is 2.28. The molecule has 0 aliphatic carbocycles. The zero-order chi connectivity index (χ0) is 15.7. The van der Waals surface area contributed by atoms with Crippen LogP contribution in [0.4, 0.5) is 0 Å². The molecule has 6 heteroatoms. The topological polar surface area (TPSA) is 49.9 Å². The number of nitrogens with zero attached hydrogens (tertiary/aromatic N) is 3. The first-order valence-corrected chi connectivity index (χ1v) is 8.13. The Morgan fingerprint density at radius 2 is 2.00 bits per heavy atom. The fourth-order valence-corrected chi connectivity index (χ4v) is 3.80. The maximum atomic E-state index is 10.4.